The third kappa shape index (κ3) is 2.45. The van der Waals surface area contributed by atoms with Gasteiger partial charge in [0.25, 0.3) is 0 Å². The van der Waals surface area contributed by atoms with Crippen LogP contribution in [0.2, 0.25) is 0 Å². The third-order valence-corrected chi connectivity index (χ3v) is 3.09. The fourth-order valence-corrected chi connectivity index (χ4v) is 2.11. The van der Waals surface area contributed by atoms with Crippen molar-refractivity contribution in [3.8, 4) is 11.6 Å². The molecule has 1 aliphatic heterocycles. The number of fused-ring (bicyclic) bond motifs is 1. The molecule has 2 aromatic rings. The van der Waals surface area contributed by atoms with E-state index in [1.165, 1.54) is 0 Å². The molecule has 1 aromatic heterocycles. The molecule has 2 heterocycles. The lowest BCUT2D eigenvalue weighted by atomic mass is 10.2. The van der Waals surface area contributed by atoms with E-state index in [4.69, 9.17) is 9.47 Å². The van der Waals surface area contributed by atoms with Crippen molar-refractivity contribution in [1.29, 1.82) is 0 Å². The molecule has 0 bridgehead atoms. The molecule has 0 saturated heterocycles. The van der Waals surface area contributed by atoms with Gasteiger partial charge in [-0.3, -0.25) is 4.98 Å². The summed E-state index contributed by atoms with van der Waals surface area (Å²) in [6.45, 7) is 2.17. The van der Waals surface area contributed by atoms with Crippen molar-refractivity contribution in [3.05, 3.63) is 42.2 Å². The van der Waals surface area contributed by atoms with Gasteiger partial charge in [0.1, 0.15) is 12.4 Å². The van der Waals surface area contributed by atoms with E-state index in [9.17, 15) is 0 Å². The summed E-state index contributed by atoms with van der Waals surface area (Å²) >= 11 is 0. The number of benzene rings is 1. The largest absolute Gasteiger partial charge is 0.491 e. The Morgan fingerprint density at radius 3 is 3.05 bits per heavy atom. The van der Waals surface area contributed by atoms with Gasteiger partial charge in [0, 0.05) is 12.1 Å². The van der Waals surface area contributed by atoms with E-state index in [-0.39, 0.29) is 0 Å². The quantitative estimate of drug-likeness (QED) is 0.822. The molecule has 0 atom stereocenters. The maximum absolute atomic E-state index is 5.74. The number of nitrogens with zero attached hydrogens (tertiary/aromatic N) is 3. The highest BCUT2D eigenvalue weighted by Gasteiger charge is 2.16. The minimum absolute atomic E-state index is 0.524. The highest BCUT2D eigenvalue weighted by Crippen LogP contribution is 2.25. The molecule has 0 fully saturated rings. The lowest BCUT2D eigenvalue weighted by Gasteiger charge is -2.20. The monoisotopic (exact) mass is 257 g/mol. The maximum Gasteiger partial charge on any atom is 0.233 e. The van der Waals surface area contributed by atoms with Crippen molar-refractivity contribution < 1.29 is 9.47 Å². The van der Waals surface area contributed by atoms with Gasteiger partial charge in [0.2, 0.25) is 5.88 Å². The van der Waals surface area contributed by atoms with Crippen LogP contribution >= 0.6 is 0 Å². The fraction of sp³-hybridized carbons (Fsp3) is 0.286. The second-order valence-electron chi connectivity index (χ2n) is 4.30. The smallest absolute Gasteiger partial charge is 0.233 e. The number of aromatic nitrogens is 2. The minimum atomic E-state index is 0.524. The first-order valence-corrected chi connectivity index (χ1v) is 6.18. The average Bonchev–Trinajstić information content (AvgIpc) is 2.69. The summed E-state index contributed by atoms with van der Waals surface area (Å²) in [5.41, 5.74) is 1.16. The van der Waals surface area contributed by atoms with Gasteiger partial charge >= 0.3 is 0 Å². The van der Waals surface area contributed by atoms with Crippen molar-refractivity contribution in [2.45, 2.75) is 6.54 Å². The molecule has 0 amide bonds. The summed E-state index contributed by atoms with van der Waals surface area (Å²) in [4.78, 5) is 10.7. The Morgan fingerprint density at radius 2 is 2.16 bits per heavy atom. The number of hydrogen-bond donors (Lipinski definition) is 0. The first kappa shape index (κ1) is 11.8. The van der Waals surface area contributed by atoms with Crippen LogP contribution in [0.4, 0.5) is 5.82 Å². The molecule has 1 aromatic carbocycles. The van der Waals surface area contributed by atoms with Crippen molar-refractivity contribution >= 4 is 5.82 Å². The number of rotatable bonds is 2. The van der Waals surface area contributed by atoms with E-state index in [1.54, 1.807) is 19.5 Å². The van der Waals surface area contributed by atoms with Crippen LogP contribution in [-0.4, -0.2) is 30.2 Å². The average molecular weight is 257 g/mol. The number of para-hydroxylation sites is 1. The fourth-order valence-electron chi connectivity index (χ4n) is 2.11. The Hall–Kier alpha value is -2.30. The van der Waals surface area contributed by atoms with Gasteiger partial charge in [-0.15, -0.1) is 0 Å². The summed E-state index contributed by atoms with van der Waals surface area (Å²) in [5.74, 6) is 2.27. The lowest BCUT2D eigenvalue weighted by molar-refractivity contribution is 0.331. The SMILES string of the molecule is COc1cncc(N2CCOc3ccccc3C2)n1. The third-order valence-electron chi connectivity index (χ3n) is 3.09. The van der Waals surface area contributed by atoms with Gasteiger partial charge in [-0.2, -0.15) is 4.98 Å². The molecule has 3 rings (SSSR count). The maximum atomic E-state index is 5.74. The van der Waals surface area contributed by atoms with E-state index in [0.717, 1.165) is 30.2 Å². The Morgan fingerprint density at radius 1 is 1.26 bits per heavy atom. The van der Waals surface area contributed by atoms with Crippen LogP contribution in [-0.2, 0) is 6.54 Å². The van der Waals surface area contributed by atoms with Gasteiger partial charge in [-0.1, -0.05) is 18.2 Å². The highest BCUT2D eigenvalue weighted by atomic mass is 16.5. The van der Waals surface area contributed by atoms with E-state index < -0.39 is 0 Å². The Balaban J connectivity index is 1.89. The molecule has 98 valence electrons. The Labute approximate surface area is 111 Å². The normalized spacial score (nSPS) is 14.3. The number of ether oxygens (including phenoxy) is 2. The van der Waals surface area contributed by atoms with Crippen LogP contribution in [0.15, 0.2) is 36.7 Å². The summed E-state index contributed by atoms with van der Waals surface area (Å²) in [7, 11) is 1.59. The number of methoxy groups -OCH3 is 1. The zero-order valence-corrected chi connectivity index (χ0v) is 10.7. The van der Waals surface area contributed by atoms with Crippen molar-refractivity contribution in [3.63, 3.8) is 0 Å². The van der Waals surface area contributed by atoms with E-state index in [2.05, 4.69) is 20.9 Å². The lowest BCUT2D eigenvalue weighted by Crippen LogP contribution is -2.26. The first-order chi connectivity index (χ1) is 9.36. The first-order valence-electron chi connectivity index (χ1n) is 6.18. The molecule has 19 heavy (non-hydrogen) atoms. The molecule has 0 saturated carbocycles. The number of anilines is 1. The van der Waals surface area contributed by atoms with Gasteiger partial charge in [-0.05, 0) is 6.07 Å². The van der Waals surface area contributed by atoms with Crippen LogP contribution in [0.5, 0.6) is 11.6 Å². The van der Waals surface area contributed by atoms with Crippen molar-refractivity contribution in [2.24, 2.45) is 0 Å². The molecular weight excluding hydrogens is 242 g/mol. The molecular formula is C14H15N3O2. The van der Waals surface area contributed by atoms with E-state index in [0.29, 0.717) is 12.5 Å². The Bertz CT molecular complexity index is 574. The summed E-state index contributed by atoms with van der Waals surface area (Å²) < 4.78 is 10.9. The molecule has 0 unspecified atom stereocenters. The zero-order valence-electron chi connectivity index (χ0n) is 10.7. The van der Waals surface area contributed by atoms with Gasteiger partial charge in [0.05, 0.1) is 26.0 Å². The molecule has 5 nitrogen and oxygen atoms in total. The summed E-state index contributed by atoms with van der Waals surface area (Å²) in [5, 5.41) is 0. The minimum Gasteiger partial charge on any atom is -0.491 e. The van der Waals surface area contributed by atoms with Crippen molar-refractivity contribution in [1.82, 2.24) is 9.97 Å². The Kier molecular flexibility index (Phi) is 3.18. The van der Waals surface area contributed by atoms with Crippen LogP contribution in [0.3, 0.4) is 0 Å². The predicted octanol–water partition coefficient (Wildman–Crippen LogP) is 1.88. The van der Waals surface area contributed by atoms with Crippen LogP contribution in [0.25, 0.3) is 0 Å². The van der Waals surface area contributed by atoms with E-state index in [1.807, 2.05) is 18.2 Å². The standard InChI is InChI=1S/C14H15N3O2/c1-18-14-9-15-8-13(16-14)17-6-7-19-12-5-3-2-4-11(12)10-17/h2-5,8-9H,6-7,10H2,1H3. The number of hydrogen-bond acceptors (Lipinski definition) is 5. The predicted molar refractivity (Wildman–Crippen MR) is 71.6 cm³/mol. The summed E-state index contributed by atoms with van der Waals surface area (Å²) in [6.07, 6.45) is 3.35. The molecule has 0 spiro atoms. The highest BCUT2D eigenvalue weighted by molar-refractivity contribution is 5.43. The van der Waals surface area contributed by atoms with Crippen molar-refractivity contribution in [2.75, 3.05) is 25.2 Å². The molecule has 0 radical (unpaired) electrons. The van der Waals surface area contributed by atoms with Gasteiger partial charge in [0.15, 0.2) is 5.82 Å². The van der Waals surface area contributed by atoms with Crippen LogP contribution in [0.1, 0.15) is 5.56 Å². The molecule has 1 aliphatic rings. The second-order valence-corrected chi connectivity index (χ2v) is 4.30. The summed E-state index contributed by atoms with van der Waals surface area (Å²) in [6, 6.07) is 8.07. The molecule has 0 aliphatic carbocycles. The van der Waals surface area contributed by atoms with Crippen LogP contribution < -0.4 is 14.4 Å². The van der Waals surface area contributed by atoms with Gasteiger partial charge in [-0.25, -0.2) is 0 Å². The molecule has 0 N–H and O–H groups in total. The second kappa shape index (κ2) is 5.14. The zero-order chi connectivity index (χ0) is 13.1. The van der Waals surface area contributed by atoms with Crippen LogP contribution in [0, 0.1) is 0 Å². The topological polar surface area (TPSA) is 47.5 Å². The van der Waals surface area contributed by atoms with E-state index >= 15 is 0 Å². The van der Waals surface area contributed by atoms with Gasteiger partial charge < -0.3 is 14.4 Å². The molecule has 5 heteroatoms.